The van der Waals surface area contributed by atoms with Gasteiger partial charge in [-0.3, -0.25) is 4.79 Å². The molecule has 5 nitrogen and oxygen atoms in total. The number of amides is 1. The average molecular weight is 394 g/mol. The predicted octanol–water partition coefficient (Wildman–Crippen LogP) is 4.99. The fourth-order valence-electron chi connectivity index (χ4n) is 3.62. The van der Waals surface area contributed by atoms with Crippen molar-refractivity contribution in [1.82, 2.24) is 15.5 Å². The van der Waals surface area contributed by atoms with Gasteiger partial charge >= 0.3 is 0 Å². The molecule has 28 heavy (non-hydrogen) atoms. The molecule has 2 heterocycles. The minimum absolute atomic E-state index is 0.103. The standard InChI is InChI=1S/C22H20ClN3O2/c1-13-21(14(2)28-26-13)22(27)25-12-17(15-7-3-5-9-19(15)23)18-11-24-20-10-6-4-8-16(18)20/h3-11,17,24H,12H2,1-2H3,(H,25,27)/t17-/m0/s1. The number of benzene rings is 2. The van der Waals surface area contributed by atoms with E-state index in [9.17, 15) is 4.79 Å². The molecule has 0 saturated heterocycles. The van der Waals surface area contributed by atoms with Crippen LogP contribution in [0.2, 0.25) is 5.02 Å². The molecule has 0 spiro atoms. The van der Waals surface area contributed by atoms with Crippen LogP contribution in [-0.2, 0) is 0 Å². The number of nitrogens with one attached hydrogen (secondary N) is 2. The molecule has 2 aromatic heterocycles. The topological polar surface area (TPSA) is 70.9 Å². The summed E-state index contributed by atoms with van der Waals surface area (Å²) >= 11 is 6.50. The van der Waals surface area contributed by atoms with Crippen LogP contribution in [-0.4, -0.2) is 22.6 Å². The van der Waals surface area contributed by atoms with Crippen molar-refractivity contribution >= 4 is 28.4 Å². The first-order chi connectivity index (χ1) is 13.6. The van der Waals surface area contributed by atoms with Gasteiger partial charge in [-0.1, -0.05) is 53.2 Å². The highest BCUT2D eigenvalue weighted by Gasteiger charge is 2.23. The van der Waals surface area contributed by atoms with E-state index >= 15 is 0 Å². The first-order valence-corrected chi connectivity index (χ1v) is 9.45. The largest absolute Gasteiger partial charge is 0.361 e. The van der Waals surface area contributed by atoms with Crippen molar-refractivity contribution in [1.29, 1.82) is 0 Å². The lowest BCUT2D eigenvalue weighted by Gasteiger charge is -2.19. The maximum atomic E-state index is 12.7. The van der Waals surface area contributed by atoms with Crippen LogP contribution in [0.1, 0.15) is 38.9 Å². The fraction of sp³-hybridized carbons (Fsp3) is 0.182. The van der Waals surface area contributed by atoms with Gasteiger partial charge in [0.2, 0.25) is 0 Å². The zero-order valence-corrected chi connectivity index (χ0v) is 16.4. The second-order valence-corrected chi connectivity index (χ2v) is 7.18. The van der Waals surface area contributed by atoms with Gasteiger partial charge in [-0.15, -0.1) is 0 Å². The third kappa shape index (κ3) is 3.29. The van der Waals surface area contributed by atoms with Crippen molar-refractivity contribution < 1.29 is 9.32 Å². The van der Waals surface area contributed by atoms with Gasteiger partial charge in [0.05, 0.1) is 5.69 Å². The van der Waals surface area contributed by atoms with E-state index in [2.05, 4.69) is 21.5 Å². The SMILES string of the molecule is Cc1noc(C)c1C(=O)NC[C@@H](c1ccccc1Cl)c1c[nH]c2ccccc12. The van der Waals surface area contributed by atoms with E-state index in [1.165, 1.54) is 0 Å². The Labute approximate surface area is 167 Å². The molecule has 4 aromatic rings. The summed E-state index contributed by atoms with van der Waals surface area (Å²) in [5, 5.41) is 8.68. The molecule has 0 aliphatic heterocycles. The molecule has 0 aliphatic rings. The maximum Gasteiger partial charge on any atom is 0.256 e. The number of halogens is 1. The zero-order valence-electron chi connectivity index (χ0n) is 15.6. The molecule has 1 amide bonds. The van der Waals surface area contributed by atoms with Crippen LogP contribution in [0.5, 0.6) is 0 Å². The molecular weight excluding hydrogens is 374 g/mol. The summed E-state index contributed by atoms with van der Waals surface area (Å²) in [6, 6.07) is 15.8. The van der Waals surface area contributed by atoms with Crippen molar-refractivity contribution in [3.8, 4) is 0 Å². The quantitative estimate of drug-likeness (QED) is 0.502. The van der Waals surface area contributed by atoms with Crippen molar-refractivity contribution in [2.75, 3.05) is 6.54 Å². The highest BCUT2D eigenvalue weighted by Crippen LogP contribution is 2.34. The monoisotopic (exact) mass is 393 g/mol. The molecule has 6 heteroatoms. The second kappa shape index (κ2) is 7.52. The molecule has 0 saturated carbocycles. The number of hydrogen-bond acceptors (Lipinski definition) is 3. The molecule has 2 aromatic carbocycles. The minimum Gasteiger partial charge on any atom is -0.361 e. The first kappa shape index (κ1) is 18.3. The van der Waals surface area contributed by atoms with Gasteiger partial charge in [-0.25, -0.2) is 0 Å². The molecule has 4 rings (SSSR count). The van der Waals surface area contributed by atoms with Gasteiger partial charge in [-0.2, -0.15) is 0 Å². The molecule has 0 unspecified atom stereocenters. The van der Waals surface area contributed by atoms with Crippen LogP contribution in [0, 0.1) is 13.8 Å². The highest BCUT2D eigenvalue weighted by molar-refractivity contribution is 6.31. The number of fused-ring (bicyclic) bond motifs is 1. The van der Waals surface area contributed by atoms with E-state index in [-0.39, 0.29) is 11.8 Å². The van der Waals surface area contributed by atoms with E-state index in [1.807, 2.05) is 48.7 Å². The Bertz CT molecular complexity index is 1130. The summed E-state index contributed by atoms with van der Waals surface area (Å²) in [5.41, 5.74) is 4.16. The van der Waals surface area contributed by atoms with E-state index < -0.39 is 0 Å². The number of nitrogens with zero attached hydrogens (tertiary/aromatic N) is 1. The van der Waals surface area contributed by atoms with Gasteiger partial charge in [0, 0.05) is 34.6 Å². The summed E-state index contributed by atoms with van der Waals surface area (Å²) in [6.07, 6.45) is 1.99. The highest BCUT2D eigenvalue weighted by atomic mass is 35.5. The van der Waals surface area contributed by atoms with Crippen molar-refractivity contribution in [3.63, 3.8) is 0 Å². The Morgan fingerprint density at radius 3 is 2.64 bits per heavy atom. The zero-order chi connectivity index (χ0) is 19.7. The summed E-state index contributed by atoms with van der Waals surface area (Å²) in [6.45, 7) is 3.89. The summed E-state index contributed by atoms with van der Waals surface area (Å²) < 4.78 is 5.12. The van der Waals surface area contributed by atoms with Crippen molar-refractivity contribution in [2.24, 2.45) is 0 Å². The molecule has 142 valence electrons. The maximum absolute atomic E-state index is 12.7. The summed E-state index contributed by atoms with van der Waals surface area (Å²) in [4.78, 5) is 16.1. The van der Waals surface area contributed by atoms with Crippen LogP contribution in [0.4, 0.5) is 0 Å². The molecular formula is C22H20ClN3O2. The van der Waals surface area contributed by atoms with Crippen LogP contribution in [0.15, 0.2) is 59.3 Å². The van der Waals surface area contributed by atoms with E-state index in [1.54, 1.807) is 13.8 Å². The lowest BCUT2D eigenvalue weighted by Crippen LogP contribution is -2.29. The smallest absolute Gasteiger partial charge is 0.256 e. The van der Waals surface area contributed by atoms with Crippen LogP contribution < -0.4 is 5.32 Å². The number of aromatic nitrogens is 2. The van der Waals surface area contributed by atoms with Gasteiger partial charge in [-0.05, 0) is 37.1 Å². The third-order valence-electron chi connectivity index (χ3n) is 5.00. The second-order valence-electron chi connectivity index (χ2n) is 6.77. The van der Waals surface area contributed by atoms with Gasteiger partial charge in [0.25, 0.3) is 5.91 Å². The predicted molar refractivity (Wildman–Crippen MR) is 110 cm³/mol. The average Bonchev–Trinajstić information content (AvgIpc) is 3.26. The number of para-hydroxylation sites is 1. The van der Waals surface area contributed by atoms with Crippen LogP contribution in [0.3, 0.4) is 0 Å². The van der Waals surface area contributed by atoms with E-state index in [4.69, 9.17) is 16.1 Å². The Morgan fingerprint density at radius 2 is 1.89 bits per heavy atom. The Kier molecular flexibility index (Phi) is 4.92. The van der Waals surface area contributed by atoms with E-state index in [0.717, 1.165) is 22.0 Å². The van der Waals surface area contributed by atoms with E-state index in [0.29, 0.717) is 28.6 Å². The number of rotatable bonds is 5. The first-order valence-electron chi connectivity index (χ1n) is 9.07. The lowest BCUT2D eigenvalue weighted by molar-refractivity contribution is 0.0950. The molecule has 0 aliphatic carbocycles. The normalized spacial score (nSPS) is 12.2. The molecule has 0 fully saturated rings. The Morgan fingerprint density at radius 1 is 1.14 bits per heavy atom. The van der Waals surface area contributed by atoms with Gasteiger partial charge in [0.15, 0.2) is 0 Å². The van der Waals surface area contributed by atoms with Crippen molar-refractivity contribution in [3.05, 3.63) is 87.9 Å². The Hall–Kier alpha value is -3.05. The summed E-state index contributed by atoms with van der Waals surface area (Å²) in [5.74, 6) is 0.207. The molecule has 0 radical (unpaired) electrons. The van der Waals surface area contributed by atoms with Crippen LogP contribution in [0.25, 0.3) is 10.9 Å². The number of aromatic amines is 1. The third-order valence-corrected chi connectivity index (χ3v) is 5.35. The number of carbonyl (C=O) groups excluding carboxylic acids is 1. The number of carbonyl (C=O) groups is 1. The van der Waals surface area contributed by atoms with Crippen molar-refractivity contribution in [2.45, 2.75) is 19.8 Å². The lowest BCUT2D eigenvalue weighted by atomic mass is 9.90. The summed E-state index contributed by atoms with van der Waals surface area (Å²) in [7, 11) is 0. The fourth-order valence-corrected chi connectivity index (χ4v) is 3.89. The molecule has 1 atom stereocenters. The number of aryl methyl sites for hydroxylation is 2. The van der Waals surface area contributed by atoms with Gasteiger partial charge < -0.3 is 14.8 Å². The Balaban J connectivity index is 1.70. The van der Waals surface area contributed by atoms with Crippen LogP contribution >= 0.6 is 11.6 Å². The minimum atomic E-state index is -0.201. The molecule has 2 N–H and O–H groups in total. The molecule has 0 bridgehead atoms. The number of H-pyrrole nitrogens is 1. The van der Waals surface area contributed by atoms with Gasteiger partial charge in [0.1, 0.15) is 11.3 Å². The number of hydrogen-bond donors (Lipinski definition) is 2.